The maximum atomic E-state index is 10.4. The molecule has 17 aromatic rings. The molecule has 0 amide bonds. The minimum absolute atomic E-state index is 0.440. The molecule has 0 saturated carbocycles. The van der Waals surface area contributed by atoms with Crippen molar-refractivity contribution in [2.24, 2.45) is 0 Å². The van der Waals surface area contributed by atoms with Gasteiger partial charge in [-0.1, -0.05) is 243 Å². The lowest BCUT2D eigenvalue weighted by Gasteiger charge is -2.18. The van der Waals surface area contributed by atoms with E-state index in [4.69, 9.17) is 21.5 Å². The molecule has 0 aliphatic rings. The van der Waals surface area contributed by atoms with Gasteiger partial charge in [0.15, 0.2) is 23.2 Å². The molecule has 0 unspecified atom stereocenters. The Hall–Kier alpha value is -13.8. The molecule has 0 aliphatic heterocycles. The molecule has 3 heterocycles. The molecule has 0 atom stereocenters. The summed E-state index contributed by atoms with van der Waals surface area (Å²) in [5, 5.41) is 24.9. The van der Waals surface area contributed by atoms with Gasteiger partial charge >= 0.3 is 0 Å². The summed E-state index contributed by atoms with van der Waals surface area (Å²) < 4.78 is 4.69. The Morgan fingerprint density at radius 3 is 1.04 bits per heavy atom. The molecule has 8 nitrogen and oxygen atoms in total. The molecule has 0 spiro atoms. The van der Waals surface area contributed by atoms with Crippen LogP contribution in [0.25, 0.3) is 172 Å². The Morgan fingerprint density at radius 1 is 0.265 bits per heavy atom. The monoisotopic (exact) mass is 1250 g/mol. The number of hydrogen-bond donors (Lipinski definition) is 0. The van der Waals surface area contributed by atoms with Crippen molar-refractivity contribution in [1.82, 2.24) is 24.1 Å². The lowest BCUT2D eigenvalue weighted by Crippen LogP contribution is -2.03. The quantitative estimate of drug-likeness (QED) is 0.113. The molecule has 0 saturated heterocycles. The van der Waals surface area contributed by atoms with Gasteiger partial charge in [-0.05, 0) is 152 Å². The van der Waals surface area contributed by atoms with Crippen molar-refractivity contribution in [3.8, 4) is 136 Å². The van der Waals surface area contributed by atoms with E-state index in [0.717, 1.165) is 150 Å². The first kappa shape index (κ1) is 58.0. The number of aromatic nitrogens is 5. The highest BCUT2D eigenvalue weighted by Gasteiger charge is 2.24. The zero-order chi connectivity index (χ0) is 65.6. The second-order valence-electron chi connectivity index (χ2n) is 24.4. The maximum Gasteiger partial charge on any atom is 0.187 e. The molecule has 0 aliphatic carbocycles. The van der Waals surface area contributed by atoms with Gasteiger partial charge in [-0.3, -0.25) is 0 Å². The second kappa shape index (κ2) is 24.6. The van der Waals surface area contributed by atoms with Crippen molar-refractivity contribution < 1.29 is 0 Å². The van der Waals surface area contributed by atoms with E-state index in [1.54, 1.807) is 0 Å². The van der Waals surface area contributed by atoms with Crippen molar-refractivity contribution in [2.75, 3.05) is 0 Å². The highest BCUT2D eigenvalue weighted by atomic mass is 15.0. The molecule has 98 heavy (non-hydrogen) atoms. The summed E-state index contributed by atoms with van der Waals surface area (Å²) in [6.45, 7) is 8.14. The van der Waals surface area contributed by atoms with Gasteiger partial charge < -0.3 is 9.13 Å². The average Bonchev–Trinajstić information content (AvgIpc) is 1.56. The van der Waals surface area contributed by atoms with Crippen LogP contribution in [0.4, 0.5) is 5.69 Å². The van der Waals surface area contributed by atoms with E-state index >= 15 is 0 Å². The smallest absolute Gasteiger partial charge is 0.187 e. The van der Waals surface area contributed by atoms with E-state index in [0.29, 0.717) is 34.3 Å². The summed E-state index contributed by atoms with van der Waals surface area (Å²) in [7, 11) is 0. The highest BCUT2D eigenvalue weighted by Crippen LogP contribution is 2.45. The van der Waals surface area contributed by atoms with Gasteiger partial charge in [0.05, 0.1) is 63.3 Å². The van der Waals surface area contributed by atoms with E-state index < -0.39 is 0 Å². The van der Waals surface area contributed by atoms with Gasteiger partial charge in [0.1, 0.15) is 0 Å². The Morgan fingerprint density at radius 2 is 0.622 bits per heavy atom. The molecule has 0 radical (unpaired) electrons. The number of fused-ring (bicyclic) bond motifs is 6. The summed E-state index contributed by atoms with van der Waals surface area (Å²) in [5.41, 5.74) is 23.9. The summed E-state index contributed by atoms with van der Waals surface area (Å²) in [5.74, 6) is 1.33. The van der Waals surface area contributed by atoms with Crippen LogP contribution < -0.4 is 0 Å². The van der Waals surface area contributed by atoms with Crippen molar-refractivity contribution >= 4 is 49.3 Å². The highest BCUT2D eigenvalue weighted by molar-refractivity contribution is 6.14. The zero-order valence-electron chi connectivity index (χ0n) is 52.8. The van der Waals surface area contributed by atoms with Crippen LogP contribution in [-0.4, -0.2) is 24.1 Å². The van der Waals surface area contributed by atoms with Crippen LogP contribution in [0.2, 0.25) is 0 Å². The lowest BCUT2D eigenvalue weighted by atomic mass is 9.98. The molecular weight excluding hydrogens is 1190 g/mol. The Bertz CT molecular complexity index is 5610. The fraction of sp³-hybridized carbons (Fsp3) is 0. The van der Waals surface area contributed by atoms with Crippen molar-refractivity contribution in [3.63, 3.8) is 0 Å². The zero-order valence-corrected chi connectivity index (χ0v) is 52.8. The number of hydrogen-bond acceptors (Lipinski definition) is 5. The van der Waals surface area contributed by atoms with Crippen LogP contribution in [0, 0.1) is 29.2 Å². The first-order valence-corrected chi connectivity index (χ1v) is 32.4. The van der Waals surface area contributed by atoms with Crippen LogP contribution in [-0.2, 0) is 0 Å². The SMILES string of the molecule is [C-]#[N+]c1cccc(-c2ccc(-c3nc(-c4ccc(-c5ccccc5C#N)cc4)nc(-c4ccc(-c5cccc(C#N)c5)c(-n5c6ccc(-c7ccccc7)cc6c6cc(-c7ccccc7)ccc65)c4)n3)cc2-n2c3ccc(-c4ccccc4)cc3c3cc(-c4ccccc4)ccc32)c1. The fourth-order valence-electron chi connectivity index (χ4n) is 13.9. The van der Waals surface area contributed by atoms with E-state index in [2.05, 4.69) is 245 Å². The normalized spacial score (nSPS) is 11.2. The lowest BCUT2D eigenvalue weighted by molar-refractivity contribution is 1.07. The molecule has 454 valence electrons. The molecular formula is C90H54N8. The largest absolute Gasteiger partial charge is 0.309 e. The molecule has 0 fully saturated rings. The first-order chi connectivity index (χ1) is 48.4. The number of rotatable bonds is 12. The molecule has 17 rings (SSSR count). The summed E-state index contributed by atoms with van der Waals surface area (Å²) in [6, 6.07) is 118. The molecule has 14 aromatic carbocycles. The van der Waals surface area contributed by atoms with Crippen LogP contribution >= 0.6 is 0 Å². The van der Waals surface area contributed by atoms with Crippen molar-refractivity contribution in [2.45, 2.75) is 0 Å². The standard InChI is InChI=1S/C90H54N8/c1-93-74-30-17-29-70(49-74)77-43-37-72(55-87(77)98-84-46-40-67(61-23-10-4-11-24-61)52-80(84)81-53-68(41-47-85(81)98)62-25-12-5-13-26-62)90-95-88(64-34-32-63(33-35-64)75-31-15-14-27-73(75)57-92)94-89(96-90)71-36-42-76(69-28-16-18-58(48-69)56-91)86(54-71)97-82-44-38-65(59-19-6-2-7-20-59)50-78(82)79-51-66(39-45-83(79)97)60-21-8-3-9-22-60/h2-55H. The van der Waals surface area contributed by atoms with Crippen molar-refractivity contribution in [1.29, 1.82) is 10.5 Å². The van der Waals surface area contributed by atoms with Crippen LogP contribution in [0.5, 0.6) is 0 Å². The molecule has 3 aromatic heterocycles. The fourth-order valence-corrected chi connectivity index (χ4v) is 13.9. The molecule has 8 heteroatoms. The topological polar surface area (TPSA) is 100 Å². The Balaban J connectivity index is 0.913. The van der Waals surface area contributed by atoms with Crippen LogP contribution in [0.1, 0.15) is 11.1 Å². The average molecular weight is 1250 g/mol. The third-order valence-electron chi connectivity index (χ3n) is 18.7. The molecule has 0 bridgehead atoms. The number of nitriles is 2. The first-order valence-electron chi connectivity index (χ1n) is 32.4. The van der Waals surface area contributed by atoms with E-state index in [9.17, 15) is 10.5 Å². The third kappa shape index (κ3) is 10.5. The minimum atomic E-state index is 0.440. The summed E-state index contributed by atoms with van der Waals surface area (Å²) in [4.78, 5) is 20.4. The Kier molecular flexibility index (Phi) is 14.5. The van der Waals surface area contributed by atoms with E-state index in [1.807, 2.05) is 109 Å². The van der Waals surface area contributed by atoms with Gasteiger partial charge in [0, 0.05) is 49.4 Å². The van der Waals surface area contributed by atoms with Gasteiger partial charge in [-0.25, -0.2) is 19.8 Å². The third-order valence-corrected chi connectivity index (χ3v) is 18.7. The predicted octanol–water partition coefficient (Wildman–Crippen LogP) is 23.0. The van der Waals surface area contributed by atoms with Crippen LogP contribution in [0.3, 0.4) is 0 Å². The minimum Gasteiger partial charge on any atom is -0.309 e. The van der Waals surface area contributed by atoms with E-state index in [1.165, 1.54) is 0 Å². The van der Waals surface area contributed by atoms with Gasteiger partial charge in [-0.2, -0.15) is 10.5 Å². The maximum absolute atomic E-state index is 10.4. The predicted molar refractivity (Wildman–Crippen MR) is 399 cm³/mol. The molecule has 0 N–H and O–H groups in total. The number of benzene rings is 14. The Labute approximate surface area is 566 Å². The number of nitrogens with zero attached hydrogens (tertiary/aromatic N) is 8. The van der Waals surface area contributed by atoms with Gasteiger partial charge in [0.2, 0.25) is 0 Å². The van der Waals surface area contributed by atoms with Gasteiger partial charge in [0.25, 0.3) is 0 Å². The van der Waals surface area contributed by atoms with Crippen LogP contribution in [0.15, 0.2) is 328 Å². The summed E-state index contributed by atoms with van der Waals surface area (Å²) in [6.07, 6.45) is 0. The summed E-state index contributed by atoms with van der Waals surface area (Å²) >= 11 is 0. The van der Waals surface area contributed by atoms with Gasteiger partial charge in [-0.15, -0.1) is 0 Å². The van der Waals surface area contributed by atoms with E-state index in [-0.39, 0.29) is 0 Å². The second-order valence-corrected chi connectivity index (χ2v) is 24.4. The van der Waals surface area contributed by atoms with Crippen molar-refractivity contribution in [3.05, 3.63) is 350 Å².